The second-order valence-corrected chi connectivity index (χ2v) is 14.1. The second-order valence-electron chi connectivity index (χ2n) is 14.1. The first kappa shape index (κ1) is 30.2. The third kappa shape index (κ3) is 6.09. The van der Waals surface area contributed by atoms with E-state index in [2.05, 4.69) is 5.32 Å². The molecule has 4 fully saturated rings. The number of carbonyl (C=O) groups is 3. The van der Waals surface area contributed by atoms with Crippen LogP contribution in [0.1, 0.15) is 83.2 Å². The third-order valence-corrected chi connectivity index (χ3v) is 11.4. The van der Waals surface area contributed by atoms with Crippen LogP contribution in [-0.4, -0.2) is 71.1 Å². The third-order valence-electron chi connectivity index (χ3n) is 11.4. The van der Waals surface area contributed by atoms with E-state index in [4.69, 9.17) is 24.2 Å². The summed E-state index contributed by atoms with van der Waals surface area (Å²) in [6.07, 6.45) is 11.6. The Hall–Kier alpha value is -3.43. The first-order valence-corrected chi connectivity index (χ1v) is 17.2. The van der Waals surface area contributed by atoms with Gasteiger partial charge in [-0.3, -0.25) is 4.79 Å². The smallest absolute Gasteiger partial charge is 0.408 e. The molecule has 1 saturated heterocycles. The monoisotopic (exact) mass is 618 g/mol. The summed E-state index contributed by atoms with van der Waals surface area (Å²) in [5, 5.41) is 3.03. The quantitative estimate of drug-likeness (QED) is 0.464. The van der Waals surface area contributed by atoms with Crippen molar-refractivity contribution in [2.75, 3.05) is 13.7 Å². The second kappa shape index (κ2) is 12.8. The summed E-state index contributed by atoms with van der Waals surface area (Å²) in [6, 6.07) is 4.25. The van der Waals surface area contributed by atoms with Gasteiger partial charge in [0.1, 0.15) is 36.0 Å². The summed E-state index contributed by atoms with van der Waals surface area (Å²) in [6.45, 7) is 2.17. The van der Waals surface area contributed by atoms with Crippen molar-refractivity contribution in [1.82, 2.24) is 20.2 Å². The van der Waals surface area contributed by atoms with Gasteiger partial charge in [-0.15, -0.1) is 0 Å². The molecule has 2 aliphatic heterocycles. The number of hydrogen-bond donors (Lipinski definition) is 1. The molecule has 7 rings (SSSR count). The predicted octanol–water partition coefficient (Wildman–Crippen LogP) is 5.25. The topological polar surface area (TPSA) is 120 Å². The summed E-state index contributed by atoms with van der Waals surface area (Å²) in [5.41, 5.74) is 2.25. The predicted molar refractivity (Wildman–Crippen MR) is 167 cm³/mol. The van der Waals surface area contributed by atoms with Crippen LogP contribution in [0, 0.1) is 29.6 Å². The van der Waals surface area contributed by atoms with Crippen LogP contribution in [0.5, 0.6) is 11.6 Å². The van der Waals surface area contributed by atoms with Crippen molar-refractivity contribution in [2.24, 2.45) is 29.6 Å². The van der Waals surface area contributed by atoms with Gasteiger partial charge in [0.25, 0.3) is 0 Å². The number of nitrogens with zero attached hydrogens (tertiary/aromatic N) is 3. The van der Waals surface area contributed by atoms with E-state index in [-0.39, 0.29) is 30.4 Å². The van der Waals surface area contributed by atoms with Crippen molar-refractivity contribution in [3.63, 3.8) is 0 Å². The van der Waals surface area contributed by atoms with E-state index in [1.807, 2.05) is 25.1 Å². The minimum Gasteiger partial charge on any atom is -0.497 e. The molecule has 2 aromatic rings. The molecule has 10 nitrogen and oxygen atoms in total. The fourth-order valence-electron chi connectivity index (χ4n) is 8.67. The molecule has 3 aliphatic carbocycles. The van der Waals surface area contributed by atoms with E-state index >= 15 is 0 Å². The maximum absolute atomic E-state index is 14.3. The summed E-state index contributed by atoms with van der Waals surface area (Å²) >= 11 is 0. The molecular weight excluding hydrogens is 572 g/mol. The maximum atomic E-state index is 14.3. The Labute approximate surface area is 265 Å². The van der Waals surface area contributed by atoms with Gasteiger partial charge in [0.2, 0.25) is 11.8 Å². The molecule has 3 saturated carbocycles. The standard InChI is InChI=1S/C35H46N4O6/c1-20-29(19-40)39-18-31(20)44-33-27(36-26-14-13-23(43-2)17-28(26)37-33)12-8-4-7-11-24-25-15-22(25)16-30(24)45-35(42)38-32(34(39)41)21-9-5-3-6-10-21/h13-14,17,19-22,24-25,29-32H,3-12,15-16,18H2,1-2H3,(H,38,42)/t20-,22?,24+,25?,29+,30+,31-,32-/m0/s1. The molecule has 5 aliphatic rings. The Kier molecular flexibility index (Phi) is 8.57. The van der Waals surface area contributed by atoms with Crippen LogP contribution in [0.4, 0.5) is 4.79 Å². The summed E-state index contributed by atoms with van der Waals surface area (Å²) in [5.74, 6) is 2.32. The lowest BCUT2D eigenvalue weighted by Crippen LogP contribution is -2.55. The molecular formula is C35H46N4O6. The Morgan fingerprint density at radius 1 is 0.911 bits per heavy atom. The van der Waals surface area contributed by atoms with Crippen LogP contribution >= 0.6 is 0 Å². The van der Waals surface area contributed by atoms with Crippen molar-refractivity contribution in [3.05, 3.63) is 23.9 Å². The fraction of sp³-hybridized carbons (Fsp3) is 0.686. The van der Waals surface area contributed by atoms with Crippen LogP contribution in [-0.2, 0) is 20.7 Å². The summed E-state index contributed by atoms with van der Waals surface area (Å²) in [4.78, 5) is 51.8. The minimum absolute atomic E-state index is 0.00712. The lowest BCUT2D eigenvalue weighted by atomic mass is 9.83. The van der Waals surface area contributed by atoms with Crippen LogP contribution in [0.25, 0.3) is 11.0 Å². The molecule has 2 amide bonds. The zero-order valence-electron chi connectivity index (χ0n) is 26.5. The van der Waals surface area contributed by atoms with Crippen LogP contribution in [0.3, 0.4) is 0 Å². The van der Waals surface area contributed by atoms with Crippen molar-refractivity contribution in [2.45, 2.75) is 108 Å². The molecule has 8 atom stereocenters. The summed E-state index contributed by atoms with van der Waals surface area (Å²) < 4.78 is 18.1. The Balaban J connectivity index is 1.22. The molecule has 0 radical (unpaired) electrons. The number of fused-ring (bicyclic) bond motifs is 7. The molecule has 45 heavy (non-hydrogen) atoms. The highest BCUT2D eigenvalue weighted by molar-refractivity contribution is 5.88. The average Bonchev–Trinajstić information content (AvgIpc) is 3.63. The molecule has 1 aromatic carbocycles. The summed E-state index contributed by atoms with van der Waals surface area (Å²) in [7, 11) is 1.62. The van der Waals surface area contributed by atoms with Gasteiger partial charge in [0.15, 0.2) is 0 Å². The van der Waals surface area contributed by atoms with E-state index in [0.29, 0.717) is 41.3 Å². The Morgan fingerprint density at radius 3 is 2.51 bits per heavy atom. The van der Waals surface area contributed by atoms with E-state index in [1.165, 1.54) is 6.42 Å². The number of benzene rings is 1. The van der Waals surface area contributed by atoms with Gasteiger partial charge in [0.05, 0.1) is 30.7 Å². The fourth-order valence-corrected chi connectivity index (χ4v) is 8.67. The van der Waals surface area contributed by atoms with Gasteiger partial charge >= 0.3 is 6.09 Å². The lowest BCUT2D eigenvalue weighted by molar-refractivity contribution is -0.138. The highest BCUT2D eigenvalue weighted by atomic mass is 16.6. The van der Waals surface area contributed by atoms with Crippen LogP contribution in [0.15, 0.2) is 18.2 Å². The van der Waals surface area contributed by atoms with Crippen LogP contribution < -0.4 is 14.8 Å². The first-order chi connectivity index (χ1) is 21.9. The Morgan fingerprint density at radius 2 is 1.71 bits per heavy atom. The zero-order valence-corrected chi connectivity index (χ0v) is 26.5. The SMILES string of the molecule is COc1ccc2nc3c(nc2c1)O[C@H]1CN(C(=O)[C@H](C2CCCCC2)NC(=O)O[C@@H]2CC4CC4[C@H]2CCCCC3)[C@H](C=O)[C@@H]1C. The molecule has 0 spiro atoms. The largest absolute Gasteiger partial charge is 0.497 e. The van der Waals surface area contributed by atoms with Gasteiger partial charge in [-0.1, -0.05) is 39.0 Å². The number of alkyl carbamates (subject to hydrolysis) is 1. The highest BCUT2D eigenvalue weighted by Gasteiger charge is 2.54. The molecule has 3 heterocycles. The zero-order chi connectivity index (χ0) is 31.1. The van der Waals surface area contributed by atoms with Gasteiger partial charge in [-0.25, -0.2) is 14.8 Å². The van der Waals surface area contributed by atoms with E-state index < -0.39 is 24.3 Å². The first-order valence-electron chi connectivity index (χ1n) is 17.2. The molecule has 10 heteroatoms. The van der Waals surface area contributed by atoms with Crippen LogP contribution in [0.2, 0.25) is 0 Å². The van der Waals surface area contributed by atoms with Crippen molar-refractivity contribution < 1.29 is 28.6 Å². The number of ether oxygens (including phenoxy) is 3. The number of aryl methyl sites for hydroxylation is 1. The molecule has 2 unspecified atom stereocenters. The molecule has 1 N–H and O–H groups in total. The van der Waals surface area contributed by atoms with Gasteiger partial charge < -0.3 is 29.2 Å². The van der Waals surface area contributed by atoms with Crippen molar-refractivity contribution in [3.8, 4) is 11.6 Å². The number of amides is 2. The van der Waals surface area contributed by atoms with E-state index in [0.717, 1.165) is 81.7 Å². The van der Waals surface area contributed by atoms with Gasteiger partial charge in [-0.2, -0.15) is 0 Å². The number of aromatic nitrogens is 2. The Bertz CT molecular complexity index is 1430. The molecule has 1 aromatic heterocycles. The van der Waals surface area contributed by atoms with Gasteiger partial charge in [0, 0.05) is 12.0 Å². The normalized spacial score (nSPS) is 34.3. The van der Waals surface area contributed by atoms with Crippen molar-refractivity contribution >= 4 is 29.3 Å². The van der Waals surface area contributed by atoms with Crippen molar-refractivity contribution in [1.29, 1.82) is 0 Å². The molecule has 242 valence electrons. The number of carbonyl (C=O) groups excluding carboxylic acids is 3. The van der Waals surface area contributed by atoms with Gasteiger partial charge in [-0.05, 0) is 80.8 Å². The number of hydrogen-bond acceptors (Lipinski definition) is 8. The maximum Gasteiger partial charge on any atom is 0.408 e. The van der Waals surface area contributed by atoms with E-state index in [1.54, 1.807) is 12.0 Å². The number of rotatable bonds is 3. The minimum atomic E-state index is -0.733. The van der Waals surface area contributed by atoms with E-state index in [9.17, 15) is 14.4 Å². The number of nitrogens with one attached hydrogen (secondary N) is 1. The molecule has 2 bridgehead atoms. The number of aldehydes is 1. The lowest BCUT2D eigenvalue weighted by Gasteiger charge is -2.34. The average molecular weight is 619 g/mol. The highest BCUT2D eigenvalue weighted by Crippen LogP contribution is 2.57. The number of methoxy groups -OCH3 is 1.